The number of rotatable bonds is 5. The summed E-state index contributed by atoms with van der Waals surface area (Å²) in [6.07, 6.45) is -2.72. The first-order chi connectivity index (χ1) is 8.92. The molecule has 0 fully saturated rings. The molecule has 0 aliphatic heterocycles. The van der Waals surface area contributed by atoms with Crippen molar-refractivity contribution in [1.29, 1.82) is 0 Å². The topological polar surface area (TPSA) is 201 Å². The van der Waals surface area contributed by atoms with Gasteiger partial charge in [-0.15, -0.1) is 0 Å². The van der Waals surface area contributed by atoms with Crippen LogP contribution in [-0.2, 0) is 27.0 Å². The molecule has 0 aromatic rings. The standard InChI is InChI=1S/C6H8O7.BH3O3.2ClH.3Na.Ni/c7-3(8)1-6(13,5(11)12)2-4(9)10;2-1(3)4;;;;;;/h13H,1-2H2,(H,7,8)(H,9,10)(H,11,12);2-4H;2*1H;;;;/q;;;;3*+1;+2/p-5. The third kappa shape index (κ3) is 36.2. The van der Waals surface area contributed by atoms with Crippen LogP contribution in [0.3, 0.4) is 0 Å². The summed E-state index contributed by atoms with van der Waals surface area (Å²) in [4.78, 5) is 30.0. The second-order valence-corrected chi connectivity index (χ2v) is 4.44. The van der Waals surface area contributed by atoms with E-state index in [4.69, 9.17) is 40.6 Å². The van der Waals surface area contributed by atoms with Crippen LogP contribution < -0.4 is 104 Å². The Morgan fingerprint density at radius 2 is 1.09 bits per heavy atom. The van der Waals surface area contributed by atoms with Crippen LogP contribution >= 0.6 is 20.4 Å². The van der Waals surface area contributed by atoms with Gasteiger partial charge in [-0.25, -0.2) is 0 Å². The quantitative estimate of drug-likeness (QED) is 0.292. The van der Waals surface area contributed by atoms with E-state index in [9.17, 15) is 29.7 Å². The molecule has 0 aromatic heterocycles. The summed E-state index contributed by atoms with van der Waals surface area (Å²) < 4.78 is 0. The minimum absolute atomic E-state index is 0. The van der Waals surface area contributed by atoms with Crippen LogP contribution in [0.4, 0.5) is 0 Å². The first-order valence-corrected chi connectivity index (χ1v) is 6.84. The van der Waals surface area contributed by atoms with Crippen molar-refractivity contribution in [3.8, 4) is 0 Å². The Morgan fingerprint density at radius 1 is 0.913 bits per heavy atom. The van der Waals surface area contributed by atoms with Crippen LogP contribution in [0.2, 0.25) is 0 Å². The molecule has 23 heavy (non-hydrogen) atoms. The smallest absolute Gasteiger partial charge is 1.00 e. The number of hydrogen-bond acceptors (Lipinski definition) is 10. The van der Waals surface area contributed by atoms with Gasteiger partial charge in [-0.1, -0.05) is 0 Å². The Labute approximate surface area is 212 Å². The van der Waals surface area contributed by atoms with Gasteiger partial charge in [-0.3, -0.25) is 0 Å². The van der Waals surface area contributed by atoms with Gasteiger partial charge in [0.2, 0.25) is 0 Å². The van der Waals surface area contributed by atoms with Gasteiger partial charge < -0.3 is 49.9 Å². The molecule has 0 spiro atoms. The Bertz CT molecular complexity index is 308. The molecule has 10 nitrogen and oxygen atoms in total. The summed E-state index contributed by atoms with van der Waals surface area (Å²) in [5.74, 6) is -5.98. The molecule has 0 amide bonds. The summed E-state index contributed by atoms with van der Waals surface area (Å²) in [7, 11) is 7.24. The molecule has 0 aliphatic rings. The number of carbonyl (C=O) groups excluding carboxylic acids is 3. The van der Waals surface area contributed by atoms with Crippen molar-refractivity contribution < 1.29 is 151 Å². The van der Waals surface area contributed by atoms with Crippen molar-refractivity contribution in [2.24, 2.45) is 0 Å². The van der Waals surface area contributed by atoms with Gasteiger partial charge in [0.15, 0.2) is 0 Å². The van der Waals surface area contributed by atoms with Gasteiger partial charge in [0, 0.05) is 24.8 Å². The number of hydrogen-bond donors (Lipinski definition) is 4. The van der Waals surface area contributed by atoms with E-state index in [0.717, 1.165) is 0 Å². The summed E-state index contributed by atoms with van der Waals surface area (Å²) in [6, 6.07) is 0. The van der Waals surface area contributed by atoms with E-state index < -0.39 is 43.7 Å². The second-order valence-electron chi connectivity index (χ2n) is 2.81. The number of carboxylic acid groups (broad SMARTS) is 3. The first-order valence-electron chi connectivity index (χ1n) is 4.13. The molecule has 0 heterocycles. The van der Waals surface area contributed by atoms with Gasteiger partial charge in [0.25, 0.3) is 0 Å². The van der Waals surface area contributed by atoms with Crippen molar-refractivity contribution >= 4 is 45.6 Å². The summed E-state index contributed by atoms with van der Waals surface area (Å²) in [6.45, 7) is 0. The molecule has 0 aliphatic carbocycles. The van der Waals surface area contributed by atoms with Crippen LogP contribution in [0.15, 0.2) is 0 Å². The van der Waals surface area contributed by atoms with Crippen molar-refractivity contribution in [3.63, 3.8) is 0 Å². The third-order valence-electron chi connectivity index (χ3n) is 1.25. The Balaban J connectivity index is -0.0000000620. The van der Waals surface area contributed by atoms with Crippen molar-refractivity contribution in [3.05, 3.63) is 0 Å². The Morgan fingerprint density at radius 3 is 1.17 bits per heavy atom. The molecule has 0 bridgehead atoms. The molecule has 122 valence electrons. The van der Waals surface area contributed by atoms with Crippen LogP contribution in [0, 0.1) is 0 Å². The predicted molar refractivity (Wildman–Crippen MR) is 53.3 cm³/mol. The molecule has 0 unspecified atom stereocenters. The van der Waals surface area contributed by atoms with E-state index in [0.29, 0.717) is 12.7 Å². The van der Waals surface area contributed by atoms with Crippen LogP contribution in [0.25, 0.3) is 0 Å². The van der Waals surface area contributed by atoms with Crippen molar-refractivity contribution in [1.82, 2.24) is 0 Å². The number of aliphatic hydroxyl groups is 1. The maximum atomic E-state index is 10.1. The zero-order valence-electron chi connectivity index (χ0n) is 12.3. The molecule has 0 atom stereocenters. The van der Waals surface area contributed by atoms with E-state index in [1.807, 2.05) is 0 Å². The van der Waals surface area contributed by atoms with Crippen molar-refractivity contribution in [2.45, 2.75) is 18.4 Å². The fraction of sp³-hybridized carbons (Fsp3) is 0.500. The average molecular weight is 450 g/mol. The maximum Gasteiger partial charge on any atom is 1.00 e. The Kier molecular flexibility index (Phi) is 42.6. The monoisotopic (exact) mass is 448 g/mol. The molecule has 4 N–H and O–H groups in total. The zero-order valence-corrected chi connectivity index (χ0v) is 20.8. The number of carboxylic acids is 3. The summed E-state index contributed by atoms with van der Waals surface area (Å²) in [5, 5.41) is 60.4. The molecular weight excluding hydrogens is 441 g/mol. The van der Waals surface area contributed by atoms with E-state index in [2.05, 4.69) is 0 Å². The second kappa shape index (κ2) is 24.4. The normalized spacial score (nSPS) is 8.26. The number of halogens is 2. The number of carbonyl (C=O) groups is 3. The van der Waals surface area contributed by atoms with Gasteiger partial charge in [-0.2, -0.15) is 0 Å². The molecular formula is C6H8BCl2Na3NiO10. The minimum atomic E-state index is -2.97. The van der Waals surface area contributed by atoms with Crippen LogP contribution in [0.5, 0.6) is 0 Å². The largest absolute Gasteiger partial charge is 1.00 e. The van der Waals surface area contributed by atoms with Gasteiger partial charge in [0.05, 0.1) is 5.97 Å². The SMILES string of the molecule is O=C([O-])CC(O)(CC(=O)[O-])C(=O)[O-].OB(O)O.[Cl][Ni][Cl].[Na+].[Na+].[Na+]. The zero-order chi connectivity index (χ0) is 16.9. The first kappa shape index (κ1) is 40.2. The van der Waals surface area contributed by atoms with Crippen LogP contribution in [0.1, 0.15) is 12.8 Å². The molecule has 0 rings (SSSR count). The van der Waals surface area contributed by atoms with E-state index in [-0.39, 0.29) is 88.7 Å². The van der Waals surface area contributed by atoms with Gasteiger partial charge in [-0.05, 0) is 0 Å². The average Bonchev–Trinajstić information content (AvgIpc) is 2.14. The number of aliphatic carboxylic acids is 3. The molecule has 0 radical (unpaired) electrons. The molecule has 17 heteroatoms. The molecule has 0 saturated heterocycles. The summed E-state index contributed by atoms with van der Waals surface area (Å²) >= 11 is 0.569. The fourth-order valence-electron chi connectivity index (χ4n) is 0.684. The van der Waals surface area contributed by atoms with Gasteiger partial charge in [0.1, 0.15) is 5.60 Å². The van der Waals surface area contributed by atoms with Crippen molar-refractivity contribution in [2.75, 3.05) is 0 Å². The van der Waals surface area contributed by atoms with E-state index in [1.165, 1.54) is 0 Å². The fourth-order valence-corrected chi connectivity index (χ4v) is 0.684. The van der Waals surface area contributed by atoms with Gasteiger partial charge >= 0.3 is 129 Å². The maximum absolute atomic E-state index is 10.1. The third-order valence-corrected chi connectivity index (χ3v) is 1.25. The van der Waals surface area contributed by atoms with Crippen LogP contribution in [-0.4, -0.2) is 51.0 Å². The van der Waals surface area contributed by atoms with E-state index >= 15 is 0 Å². The molecule has 0 saturated carbocycles. The summed E-state index contributed by atoms with van der Waals surface area (Å²) in [5.41, 5.74) is -2.97. The van der Waals surface area contributed by atoms with E-state index in [1.54, 1.807) is 0 Å². The Hall–Kier alpha value is 2.39. The minimum Gasteiger partial charge on any atom is 1.00 e. The predicted octanol–water partition coefficient (Wildman–Crippen LogP) is -14.9. The molecule has 0 aromatic carbocycles.